The predicted octanol–water partition coefficient (Wildman–Crippen LogP) is 3.39. The van der Waals surface area contributed by atoms with E-state index in [1.54, 1.807) is 7.11 Å². The Kier molecular flexibility index (Phi) is 6.42. The Morgan fingerprint density at radius 1 is 1.26 bits per heavy atom. The standard InChI is InChI=1S/C22H32N2O3/c1-15(2)7-8-27-20-6-5-16(9-21(20)26-4)14-24(3)19-10-17-12-22(25)23-13-18(17)11-19/h5-7,9,17-19H,8,10-14H2,1-4H3,(H,23,25)/t17-,18+,19-/m1/s1. The molecular weight excluding hydrogens is 340 g/mol. The lowest BCUT2D eigenvalue weighted by atomic mass is 9.89. The van der Waals surface area contributed by atoms with E-state index in [0.29, 0.717) is 30.9 Å². The van der Waals surface area contributed by atoms with Gasteiger partial charge in [0.1, 0.15) is 6.61 Å². The van der Waals surface area contributed by atoms with Gasteiger partial charge in [-0.05, 0) is 69.3 Å². The number of allylic oxidation sites excluding steroid dienone is 1. The highest BCUT2D eigenvalue weighted by Crippen LogP contribution is 2.38. The third-order valence-corrected chi connectivity index (χ3v) is 5.84. The Bertz CT molecular complexity index is 697. The fourth-order valence-corrected chi connectivity index (χ4v) is 4.24. The number of ether oxygens (including phenoxy) is 2. The van der Waals surface area contributed by atoms with Crippen molar-refractivity contribution in [1.29, 1.82) is 0 Å². The highest BCUT2D eigenvalue weighted by molar-refractivity contribution is 5.77. The summed E-state index contributed by atoms with van der Waals surface area (Å²) in [7, 11) is 3.87. The van der Waals surface area contributed by atoms with Gasteiger partial charge in [-0.3, -0.25) is 9.69 Å². The minimum atomic E-state index is 0.216. The summed E-state index contributed by atoms with van der Waals surface area (Å²) in [5, 5.41) is 3.02. The first kappa shape index (κ1) is 19.7. The molecule has 3 rings (SSSR count). The number of benzene rings is 1. The van der Waals surface area contributed by atoms with Gasteiger partial charge in [-0.1, -0.05) is 11.6 Å². The molecule has 148 valence electrons. The van der Waals surface area contributed by atoms with Crippen molar-refractivity contribution in [3.8, 4) is 11.5 Å². The zero-order valence-electron chi connectivity index (χ0n) is 17.0. The summed E-state index contributed by atoms with van der Waals surface area (Å²) in [6, 6.07) is 6.72. The quantitative estimate of drug-likeness (QED) is 0.746. The van der Waals surface area contributed by atoms with Crippen LogP contribution in [-0.2, 0) is 11.3 Å². The van der Waals surface area contributed by atoms with Gasteiger partial charge < -0.3 is 14.8 Å². The van der Waals surface area contributed by atoms with Crippen LogP contribution in [0.4, 0.5) is 0 Å². The molecule has 1 aliphatic heterocycles. The number of rotatable bonds is 7. The van der Waals surface area contributed by atoms with Crippen LogP contribution in [0.5, 0.6) is 11.5 Å². The maximum absolute atomic E-state index is 11.6. The SMILES string of the molecule is COc1cc(CN(C)[C@H]2C[C@H]3CNC(=O)C[C@H]3C2)ccc1OCC=C(C)C. The number of nitrogens with one attached hydrogen (secondary N) is 1. The molecule has 1 heterocycles. The zero-order valence-corrected chi connectivity index (χ0v) is 17.0. The van der Waals surface area contributed by atoms with Crippen LogP contribution >= 0.6 is 0 Å². The van der Waals surface area contributed by atoms with E-state index in [1.807, 2.05) is 6.07 Å². The smallest absolute Gasteiger partial charge is 0.220 e. The van der Waals surface area contributed by atoms with E-state index in [9.17, 15) is 4.79 Å². The molecule has 1 amide bonds. The molecule has 1 saturated carbocycles. The first-order valence-electron chi connectivity index (χ1n) is 9.86. The van der Waals surface area contributed by atoms with Crippen molar-refractivity contribution in [3.63, 3.8) is 0 Å². The number of methoxy groups -OCH3 is 1. The Hall–Kier alpha value is -2.01. The molecule has 2 aliphatic rings. The van der Waals surface area contributed by atoms with Gasteiger partial charge in [-0.25, -0.2) is 0 Å². The van der Waals surface area contributed by atoms with Gasteiger partial charge in [0.05, 0.1) is 7.11 Å². The number of hydrogen-bond acceptors (Lipinski definition) is 4. The Morgan fingerprint density at radius 2 is 2.04 bits per heavy atom. The van der Waals surface area contributed by atoms with E-state index in [-0.39, 0.29) is 5.91 Å². The second-order valence-electron chi connectivity index (χ2n) is 8.15. The van der Waals surface area contributed by atoms with Crippen LogP contribution in [0, 0.1) is 11.8 Å². The van der Waals surface area contributed by atoms with E-state index in [4.69, 9.17) is 9.47 Å². The van der Waals surface area contributed by atoms with Crippen LogP contribution in [0.2, 0.25) is 0 Å². The lowest BCUT2D eigenvalue weighted by Gasteiger charge is -2.25. The lowest BCUT2D eigenvalue weighted by molar-refractivity contribution is -0.124. The number of fused-ring (bicyclic) bond motifs is 1. The molecule has 5 nitrogen and oxygen atoms in total. The molecule has 0 radical (unpaired) electrons. The van der Waals surface area contributed by atoms with Gasteiger partial charge in [-0.2, -0.15) is 0 Å². The van der Waals surface area contributed by atoms with E-state index in [0.717, 1.165) is 31.0 Å². The maximum atomic E-state index is 11.6. The first-order chi connectivity index (χ1) is 13.0. The molecule has 1 aromatic carbocycles. The third-order valence-electron chi connectivity index (χ3n) is 5.84. The summed E-state index contributed by atoms with van der Waals surface area (Å²) in [5.41, 5.74) is 2.45. The summed E-state index contributed by atoms with van der Waals surface area (Å²) in [4.78, 5) is 14.1. The van der Waals surface area contributed by atoms with E-state index < -0.39 is 0 Å². The highest BCUT2D eigenvalue weighted by atomic mass is 16.5. The van der Waals surface area contributed by atoms with Gasteiger partial charge in [0.25, 0.3) is 0 Å². The van der Waals surface area contributed by atoms with Crippen LogP contribution in [-0.4, -0.2) is 44.2 Å². The maximum Gasteiger partial charge on any atom is 0.220 e. The molecule has 2 fully saturated rings. The fourth-order valence-electron chi connectivity index (χ4n) is 4.24. The second-order valence-corrected chi connectivity index (χ2v) is 8.15. The molecule has 1 aliphatic carbocycles. The Balaban J connectivity index is 1.60. The molecule has 1 aromatic rings. The third kappa shape index (κ3) is 5.04. The first-order valence-corrected chi connectivity index (χ1v) is 9.86. The second kappa shape index (κ2) is 8.79. The zero-order chi connectivity index (χ0) is 19.4. The average Bonchev–Trinajstić information content (AvgIpc) is 3.05. The fraction of sp³-hybridized carbons (Fsp3) is 0.591. The molecule has 1 saturated heterocycles. The van der Waals surface area contributed by atoms with E-state index in [2.05, 4.69) is 49.3 Å². The van der Waals surface area contributed by atoms with Crippen LogP contribution in [0.25, 0.3) is 0 Å². The Morgan fingerprint density at radius 3 is 2.78 bits per heavy atom. The summed E-state index contributed by atoms with van der Waals surface area (Å²) < 4.78 is 11.3. The molecule has 0 spiro atoms. The van der Waals surface area contributed by atoms with Crippen LogP contribution < -0.4 is 14.8 Å². The van der Waals surface area contributed by atoms with Gasteiger partial charge in [-0.15, -0.1) is 0 Å². The molecule has 0 unspecified atom stereocenters. The average molecular weight is 373 g/mol. The molecule has 1 N–H and O–H groups in total. The summed E-state index contributed by atoms with van der Waals surface area (Å²) in [5.74, 6) is 2.95. The number of amides is 1. The van der Waals surface area contributed by atoms with Crippen LogP contribution in [0.3, 0.4) is 0 Å². The minimum Gasteiger partial charge on any atom is -0.493 e. The molecular formula is C22H32N2O3. The molecule has 0 aromatic heterocycles. The van der Waals surface area contributed by atoms with Crippen molar-refractivity contribution in [2.24, 2.45) is 11.8 Å². The molecule has 27 heavy (non-hydrogen) atoms. The monoisotopic (exact) mass is 372 g/mol. The van der Waals surface area contributed by atoms with E-state index >= 15 is 0 Å². The van der Waals surface area contributed by atoms with Crippen molar-refractivity contribution < 1.29 is 14.3 Å². The summed E-state index contributed by atoms with van der Waals surface area (Å²) in [6.07, 6.45) is 5.04. The van der Waals surface area contributed by atoms with Crippen molar-refractivity contribution in [3.05, 3.63) is 35.4 Å². The van der Waals surface area contributed by atoms with Crippen molar-refractivity contribution in [2.75, 3.05) is 27.3 Å². The minimum absolute atomic E-state index is 0.216. The number of hydrogen-bond donors (Lipinski definition) is 1. The van der Waals surface area contributed by atoms with Gasteiger partial charge in [0.15, 0.2) is 11.5 Å². The van der Waals surface area contributed by atoms with Gasteiger partial charge in [0, 0.05) is 25.6 Å². The highest BCUT2D eigenvalue weighted by Gasteiger charge is 2.39. The van der Waals surface area contributed by atoms with Crippen molar-refractivity contribution in [1.82, 2.24) is 10.2 Å². The van der Waals surface area contributed by atoms with Gasteiger partial charge >= 0.3 is 0 Å². The largest absolute Gasteiger partial charge is 0.493 e. The Labute approximate surface area is 162 Å². The molecule has 0 bridgehead atoms. The molecule has 5 heteroatoms. The predicted molar refractivity (Wildman–Crippen MR) is 107 cm³/mol. The summed E-state index contributed by atoms with van der Waals surface area (Å²) >= 11 is 0. The van der Waals surface area contributed by atoms with Crippen LogP contribution in [0.1, 0.15) is 38.7 Å². The normalized spacial score (nSPS) is 24.3. The van der Waals surface area contributed by atoms with Crippen LogP contribution in [0.15, 0.2) is 29.8 Å². The van der Waals surface area contributed by atoms with Crippen molar-refractivity contribution in [2.45, 2.75) is 45.7 Å². The van der Waals surface area contributed by atoms with Gasteiger partial charge in [0.2, 0.25) is 5.91 Å². The number of carbonyl (C=O) groups excluding carboxylic acids is 1. The lowest BCUT2D eigenvalue weighted by Crippen LogP contribution is -2.38. The van der Waals surface area contributed by atoms with E-state index in [1.165, 1.54) is 17.6 Å². The summed E-state index contributed by atoms with van der Waals surface area (Å²) in [6.45, 7) is 6.39. The van der Waals surface area contributed by atoms with Crippen molar-refractivity contribution >= 4 is 5.91 Å². The number of nitrogens with zero attached hydrogens (tertiary/aromatic N) is 1. The molecule has 3 atom stereocenters. The topological polar surface area (TPSA) is 50.8 Å². The number of carbonyl (C=O) groups is 1. The number of piperidine rings is 1.